The summed E-state index contributed by atoms with van der Waals surface area (Å²) in [6, 6.07) is 5.94. The molecule has 112 valence electrons. The molecule has 1 aromatic rings. The van der Waals surface area contributed by atoms with Gasteiger partial charge in [0.25, 0.3) is 0 Å². The van der Waals surface area contributed by atoms with Gasteiger partial charge in [0, 0.05) is 6.04 Å². The van der Waals surface area contributed by atoms with Crippen LogP contribution in [0.5, 0.6) is 5.75 Å². The molecule has 2 atom stereocenters. The van der Waals surface area contributed by atoms with Crippen molar-refractivity contribution in [1.29, 1.82) is 0 Å². The van der Waals surface area contributed by atoms with Crippen molar-refractivity contribution in [3.05, 3.63) is 28.2 Å². The number of carbonyl (C=O) groups excluding carboxylic acids is 1. The summed E-state index contributed by atoms with van der Waals surface area (Å²) in [5.74, 6) is 0.260. The highest BCUT2D eigenvalue weighted by Gasteiger charge is 2.17. The number of halogens is 1. The van der Waals surface area contributed by atoms with Crippen LogP contribution in [0.2, 0.25) is 0 Å². The van der Waals surface area contributed by atoms with E-state index in [2.05, 4.69) is 22.9 Å². The van der Waals surface area contributed by atoms with Gasteiger partial charge in [-0.15, -0.1) is 0 Å². The number of esters is 1. The Hall–Kier alpha value is -1.07. The van der Waals surface area contributed by atoms with Gasteiger partial charge in [0.1, 0.15) is 5.75 Å². The van der Waals surface area contributed by atoms with Gasteiger partial charge < -0.3 is 15.2 Å². The molecule has 2 N–H and O–H groups in total. The molecule has 0 saturated heterocycles. The van der Waals surface area contributed by atoms with Gasteiger partial charge in [0.2, 0.25) is 0 Å². The lowest BCUT2D eigenvalue weighted by atomic mass is 10.0. The lowest BCUT2D eigenvalue weighted by molar-refractivity contribution is -0.150. The van der Waals surface area contributed by atoms with E-state index in [0.29, 0.717) is 12.4 Å². The first kappa shape index (κ1) is 17.0. The van der Waals surface area contributed by atoms with Gasteiger partial charge in [0.05, 0.1) is 11.1 Å². The second-order valence-corrected chi connectivity index (χ2v) is 5.50. The average molecular weight is 344 g/mol. The highest BCUT2D eigenvalue weighted by molar-refractivity contribution is 9.10. The second kappa shape index (κ2) is 8.27. The van der Waals surface area contributed by atoms with Crippen LogP contribution in [0.3, 0.4) is 0 Å². The Bertz CT molecular complexity index is 451. The lowest BCUT2D eigenvalue weighted by Gasteiger charge is -2.16. The molecular weight excluding hydrogens is 322 g/mol. The van der Waals surface area contributed by atoms with Gasteiger partial charge in [0.15, 0.2) is 6.10 Å². The van der Waals surface area contributed by atoms with Crippen LogP contribution in [0.15, 0.2) is 22.7 Å². The van der Waals surface area contributed by atoms with Gasteiger partial charge >= 0.3 is 5.97 Å². The SMILES string of the molecule is CCOC(=O)C(C)Oc1ccc(CC(N)CC)cc1Br. The summed E-state index contributed by atoms with van der Waals surface area (Å²) in [4.78, 5) is 11.5. The molecule has 0 saturated carbocycles. The minimum Gasteiger partial charge on any atom is -0.478 e. The van der Waals surface area contributed by atoms with E-state index in [1.807, 2.05) is 18.2 Å². The second-order valence-electron chi connectivity index (χ2n) is 4.65. The average Bonchev–Trinajstić information content (AvgIpc) is 2.41. The summed E-state index contributed by atoms with van der Waals surface area (Å²) < 4.78 is 11.3. The zero-order chi connectivity index (χ0) is 15.1. The smallest absolute Gasteiger partial charge is 0.347 e. The maximum absolute atomic E-state index is 11.5. The van der Waals surface area contributed by atoms with Gasteiger partial charge in [-0.05, 0) is 60.3 Å². The Morgan fingerprint density at radius 2 is 2.10 bits per heavy atom. The predicted molar refractivity (Wildman–Crippen MR) is 82.8 cm³/mol. The van der Waals surface area contributed by atoms with Crippen molar-refractivity contribution in [2.75, 3.05) is 6.61 Å². The topological polar surface area (TPSA) is 61.5 Å². The number of benzene rings is 1. The molecule has 5 heteroatoms. The third-order valence-corrected chi connectivity index (χ3v) is 3.56. The van der Waals surface area contributed by atoms with Gasteiger partial charge in [-0.25, -0.2) is 4.79 Å². The Labute approximate surface area is 128 Å². The molecule has 0 aliphatic heterocycles. The summed E-state index contributed by atoms with van der Waals surface area (Å²) in [6.45, 7) is 5.86. The quantitative estimate of drug-likeness (QED) is 0.773. The van der Waals surface area contributed by atoms with Crippen LogP contribution in [0.4, 0.5) is 0 Å². The standard InChI is InChI=1S/C15H22BrNO3/c1-4-12(17)8-11-6-7-14(13(16)9-11)20-10(3)15(18)19-5-2/h6-7,9-10,12H,4-5,8,17H2,1-3H3. The molecule has 1 rings (SSSR count). The van der Waals surface area contributed by atoms with Crippen LogP contribution in [0, 0.1) is 0 Å². The van der Waals surface area contributed by atoms with E-state index in [1.54, 1.807) is 13.8 Å². The predicted octanol–water partition coefficient (Wildman–Crippen LogP) is 3.06. The molecule has 0 aromatic heterocycles. The first-order chi connectivity index (χ1) is 9.47. The highest BCUT2D eigenvalue weighted by atomic mass is 79.9. The number of hydrogen-bond acceptors (Lipinski definition) is 4. The fourth-order valence-electron chi connectivity index (χ4n) is 1.71. The third-order valence-electron chi connectivity index (χ3n) is 2.94. The zero-order valence-corrected chi connectivity index (χ0v) is 13.8. The van der Waals surface area contributed by atoms with E-state index >= 15 is 0 Å². The van der Waals surface area contributed by atoms with E-state index in [0.717, 1.165) is 22.9 Å². The van der Waals surface area contributed by atoms with Crippen molar-refractivity contribution in [2.24, 2.45) is 5.73 Å². The van der Waals surface area contributed by atoms with E-state index in [-0.39, 0.29) is 12.0 Å². The fraction of sp³-hybridized carbons (Fsp3) is 0.533. The first-order valence-electron chi connectivity index (χ1n) is 6.85. The third kappa shape index (κ3) is 5.13. The van der Waals surface area contributed by atoms with Crippen LogP contribution in [-0.4, -0.2) is 24.7 Å². The molecule has 0 heterocycles. The van der Waals surface area contributed by atoms with Gasteiger partial charge in [-0.1, -0.05) is 13.0 Å². The summed E-state index contributed by atoms with van der Waals surface area (Å²) in [7, 11) is 0. The highest BCUT2D eigenvalue weighted by Crippen LogP contribution is 2.27. The molecule has 1 aromatic carbocycles. The van der Waals surface area contributed by atoms with Crippen molar-refractivity contribution in [3.63, 3.8) is 0 Å². The van der Waals surface area contributed by atoms with E-state index < -0.39 is 6.10 Å². The number of ether oxygens (including phenoxy) is 2. The van der Waals surface area contributed by atoms with Crippen LogP contribution >= 0.6 is 15.9 Å². The van der Waals surface area contributed by atoms with Crippen molar-refractivity contribution in [2.45, 2.75) is 45.8 Å². The van der Waals surface area contributed by atoms with E-state index in [1.165, 1.54) is 0 Å². The summed E-state index contributed by atoms with van der Waals surface area (Å²) >= 11 is 3.46. The summed E-state index contributed by atoms with van der Waals surface area (Å²) in [5.41, 5.74) is 7.08. The minimum absolute atomic E-state index is 0.159. The molecule has 0 aliphatic rings. The normalized spacial score (nSPS) is 13.7. The number of nitrogens with two attached hydrogens (primary N) is 1. The van der Waals surface area contributed by atoms with Crippen molar-refractivity contribution in [3.8, 4) is 5.75 Å². The first-order valence-corrected chi connectivity index (χ1v) is 7.64. The zero-order valence-electron chi connectivity index (χ0n) is 12.2. The monoisotopic (exact) mass is 343 g/mol. The number of hydrogen-bond donors (Lipinski definition) is 1. The number of carbonyl (C=O) groups is 1. The van der Waals surface area contributed by atoms with Crippen LogP contribution < -0.4 is 10.5 Å². The molecule has 20 heavy (non-hydrogen) atoms. The fourth-order valence-corrected chi connectivity index (χ4v) is 2.23. The van der Waals surface area contributed by atoms with E-state index in [4.69, 9.17) is 15.2 Å². The molecule has 0 aliphatic carbocycles. The largest absolute Gasteiger partial charge is 0.478 e. The molecule has 0 radical (unpaired) electrons. The summed E-state index contributed by atoms with van der Waals surface area (Å²) in [5, 5.41) is 0. The van der Waals surface area contributed by atoms with Crippen molar-refractivity contribution < 1.29 is 14.3 Å². The minimum atomic E-state index is -0.630. The lowest BCUT2D eigenvalue weighted by Crippen LogP contribution is -2.26. The van der Waals surface area contributed by atoms with Crippen LogP contribution in [-0.2, 0) is 16.0 Å². The van der Waals surface area contributed by atoms with Gasteiger partial charge in [-0.2, -0.15) is 0 Å². The van der Waals surface area contributed by atoms with Crippen molar-refractivity contribution >= 4 is 21.9 Å². The molecule has 0 amide bonds. The molecule has 2 unspecified atom stereocenters. The Balaban J connectivity index is 2.70. The molecule has 0 bridgehead atoms. The molecule has 0 fully saturated rings. The van der Waals surface area contributed by atoms with Crippen molar-refractivity contribution in [1.82, 2.24) is 0 Å². The Morgan fingerprint density at radius 1 is 1.40 bits per heavy atom. The Morgan fingerprint density at radius 3 is 2.65 bits per heavy atom. The van der Waals surface area contributed by atoms with Crippen LogP contribution in [0.1, 0.15) is 32.8 Å². The summed E-state index contributed by atoms with van der Waals surface area (Å²) in [6.07, 6.45) is 1.13. The van der Waals surface area contributed by atoms with Crippen LogP contribution in [0.25, 0.3) is 0 Å². The Kier molecular flexibility index (Phi) is 7.02. The maximum Gasteiger partial charge on any atom is 0.347 e. The molecule has 4 nitrogen and oxygen atoms in total. The van der Waals surface area contributed by atoms with Gasteiger partial charge in [-0.3, -0.25) is 0 Å². The number of rotatable bonds is 7. The molecular formula is C15H22BrNO3. The van der Waals surface area contributed by atoms with E-state index in [9.17, 15) is 4.79 Å². The maximum atomic E-state index is 11.5. The molecule has 0 spiro atoms.